The van der Waals surface area contributed by atoms with Crippen molar-refractivity contribution in [1.29, 1.82) is 0 Å². The van der Waals surface area contributed by atoms with Crippen LogP contribution >= 0.6 is 11.8 Å². The lowest BCUT2D eigenvalue weighted by Crippen LogP contribution is -2.15. The fourth-order valence-corrected chi connectivity index (χ4v) is 3.60. The Morgan fingerprint density at radius 2 is 1.93 bits per heavy atom. The summed E-state index contributed by atoms with van der Waals surface area (Å²) in [6, 6.07) is 13.2. The maximum atomic E-state index is 12.3. The van der Waals surface area contributed by atoms with E-state index in [1.807, 2.05) is 54.9 Å². The first-order valence-electron chi connectivity index (χ1n) is 9.57. The molecule has 1 atom stereocenters. The van der Waals surface area contributed by atoms with Gasteiger partial charge in [0, 0.05) is 18.8 Å². The van der Waals surface area contributed by atoms with Crippen molar-refractivity contribution in [2.45, 2.75) is 32.0 Å². The van der Waals surface area contributed by atoms with Crippen molar-refractivity contribution >= 4 is 23.4 Å². The molecule has 0 aliphatic rings. The Labute approximate surface area is 180 Å². The predicted octanol–water partition coefficient (Wildman–Crippen LogP) is 4.31. The van der Waals surface area contributed by atoms with E-state index in [1.165, 1.54) is 22.9 Å². The normalized spacial score (nSPS) is 11.8. The summed E-state index contributed by atoms with van der Waals surface area (Å²) in [6.45, 7) is 6.06. The Bertz CT molecular complexity index is 1030. The van der Waals surface area contributed by atoms with E-state index in [0.717, 1.165) is 5.75 Å². The summed E-state index contributed by atoms with van der Waals surface area (Å²) in [4.78, 5) is 12.3. The first-order chi connectivity index (χ1) is 14.4. The molecule has 30 heavy (non-hydrogen) atoms. The number of methoxy groups -OCH3 is 1. The second-order valence-electron chi connectivity index (χ2n) is 6.97. The van der Waals surface area contributed by atoms with Crippen LogP contribution in [0.25, 0.3) is 0 Å². The molecule has 0 aliphatic carbocycles. The second-order valence-corrected chi connectivity index (χ2v) is 7.92. The van der Waals surface area contributed by atoms with E-state index in [0.29, 0.717) is 22.4 Å². The summed E-state index contributed by atoms with van der Waals surface area (Å²) < 4.78 is 13.1. The van der Waals surface area contributed by atoms with Crippen molar-refractivity contribution in [2.24, 2.45) is 7.05 Å². The molecule has 0 fully saturated rings. The molecule has 2 aromatic carbocycles. The zero-order chi connectivity index (χ0) is 21.7. The molecule has 1 heterocycles. The van der Waals surface area contributed by atoms with Crippen molar-refractivity contribution in [2.75, 3.05) is 18.2 Å². The molecule has 0 saturated heterocycles. The summed E-state index contributed by atoms with van der Waals surface area (Å²) in [7, 11) is 3.46. The molecule has 0 bridgehead atoms. The van der Waals surface area contributed by atoms with Gasteiger partial charge in [0.1, 0.15) is 11.5 Å². The monoisotopic (exact) mass is 426 g/mol. The van der Waals surface area contributed by atoms with Crippen LogP contribution in [0, 0.1) is 13.8 Å². The summed E-state index contributed by atoms with van der Waals surface area (Å²) in [6.07, 6.45) is -0.274. The predicted molar refractivity (Wildman–Crippen MR) is 118 cm³/mol. The van der Waals surface area contributed by atoms with Crippen LogP contribution in [0.2, 0.25) is 0 Å². The Morgan fingerprint density at radius 1 is 1.13 bits per heavy atom. The highest BCUT2D eigenvalue weighted by molar-refractivity contribution is 7.99. The molecule has 158 valence electrons. The van der Waals surface area contributed by atoms with Crippen LogP contribution in [-0.4, -0.2) is 33.5 Å². The number of carbonyl (C=O) groups excluding carboxylic acids is 1. The summed E-state index contributed by atoms with van der Waals surface area (Å²) in [5.41, 5.74) is 3.09. The van der Waals surface area contributed by atoms with Crippen LogP contribution in [-0.2, 0) is 11.8 Å². The SMILES string of the molecule is COc1cccc(NC(=O)CSc2nnc(C(C)Oc3ccc(C)c(C)c3)n2C)c1. The van der Waals surface area contributed by atoms with Crippen molar-refractivity contribution in [3.8, 4) is 11.5 Å². The molecule has 0 radical (unpaired) electrons. The molecular formula is C22H26N4O3S. The number of nitrogens with zero attached hydrogens (tertiary/aromatic N) is 3. The van der Waals surface area contributed by atoms with Gasteiger partial charge in [0.15, 0.2) is 17.1 Å². The highest BCUT2D eigenvalue weighted by Gasteiger charge is 2.18. The first-order valence-corrected chi connectivity index (χ1v) is 10.6. The molecule has 1 N–H and O–H groups in total. The van der Waals surface area contributed by atoms with Gasteiger partial charge in [0.25, 0.3) is 0 Å². The highest BCUT2D eigenvalue weighted by Crippen LogP contribution is 2.25. The zero-order valence-corrected chi connectivity index (χ0v) is 18.6. The average Bonchev–Trinajstić information content (AvgIpc) is 3.10. The van der Waals surface area contributed by atoms with Gasteiger partial charge in [-0.2, -0.15) is 0 Å². The van der Waals surface area contributed by atoms with E-state index < -0.39 is 0 Å². The topological polar surface area (TPSA) is 78.3 Å². The molecule has 3 aromatic rings. The van der Waals surface area contributed by atoms with Gasteiger partial charge in [0.2, 0.25) is 5.91 Å². The van der Waals surface area contributed by atoms with Gasteiger partial charge in [0.05, 0.1) is 12.9 Å². The number of hydrogen-bond donors (Lipinski definition) is 1. The fourth-order valence-electron chi connectivity index (χ4n) is 2.88. The molecule has 0 spiro atoms. The summed E-state index contributed by atoms with van der Waals surface area (Å²) in [5, 5.41) is 12.0. The third kappa shape index (κ3) is 5.33. The average molecular weight is 427 g/mol. The van der Waals surface area contributed by atoms with E-state index >= 15 is 0 Å². The molecule has 1 amide bonds. The number of benzene rings is 2. The highest BCUT2D eigenvalue weighted by atomic mass is 32.2. The maximum Gasteiger partial charge on any atom is 0.234 e. The van der Waals surface area contributed by atoms with Gasteiger partial charge < -0.3 is 19.4 Å². The number of hydrogen-bond acceptors (Lipinski definition) is 6. The van der Waals surface area contributed by atoms with Gasteiger partial charge in [-0.3, -0.25) is 4.79 Å². The third-order valence-electron chi connectivity index (χ3n) is 4.71. The maximum absolute atomic E-state index is 12.3. The lowest BCUT2D eigenvalue weighted by Gasteiger charge is -2.15. The Morgan fingerprint density at radius 3 is 2.67 bits per heavy atom. The second kappa shape index (κ2) is 9.67. The fraction of sp³-hybridized carbons (Fsp3) is 0.318. The zero-order valence-electron chi connectivity index (χ0n) is 17.8. The number of thioether (sulfide) groups is 1. The molecular weight excluding hydrogens is 400 g/mol. The number of aryl methyl sites for hydroxylation is 2. The Hall–Kier alpha value is -3.00. The molecule has 8 heteroatoms. The van der Waals surface area contributed by atoms with Gasteiger partial charge >= 0.3 is 0 Å². The molecule has 1 aromatic heterocycles. The lowest BCUT2D eigenvalue weighted by molar-refractivity contribution is -0.113. The van der Waals surface area contributed by atoms with Gasteiger partial charge in [-0.1, -0.05) is 23.9 Å². The number of aromatic nitrogens is 3. The third-order valence-corrected chi connectivity index (χ3v) is 5.73. The van der Waals surface area contributed by atoms with Crippen molar-refractivity contribution in [3.63, 3.8) is 0 Å². The van der Waals surface area contributed by atoms with Crippen molar-refractivity contribution < 1.29 is 14.3 Å². The van der Waals surface area contributed by atoms with Crippen LogP contribution in [0.5, 0.6) is 11.5 Å². The van der Waals surface area contributed by atoms with Gasteiger partial charge in [-0.15, -0.1) is 10.2 Å². The Balaban J connectivity index is 1.59. The summed E-state index contributed by atoms with van der Waals surface area (Å²) >= 11 is 1.32. The quantitative estimate of drug-likeness (QED) is 0.541. The van der Waals surface area contributed by atoms with E-state index in [2.05, 4.69) is 29.4 Å². The minimum Gasteiger partial charge on any atom is -0.497 e. The number of ether oxygens (including phenoxy) is 2. The van der Waals surface area contributed by atoms with E-state index in [1.54, 1.807) is 13.2 Å². The molecule has 3 rings (SSSR count). The molecule has 0 saturated carbocycles. The van der Waals surface area contributed by atoms with Crippen LogP contribution < -0.4 is 14.8 Å². The largest absolute Gasteiger partial charge is 0.497 e. The smallest absolute Gasteiger partial charge is 0.234 e. The van der Waals surface area contributed by atoms with Crippen LogP contribution in [0.3, 0.4) is 0 Å². The number of nitrogens with one attached hydrogen (secondary N) is 1. The van der Waals surface area contributed by atoms with E-state index in [9.17, 15) is 4.79 Å². The standard InChI is InChI=1S/C22H26N4O3S/c1-14-9-10-19(11-15(14)2)29-16(3)21-24-25-22(26(21)4)30-13-20(27)23-17-7-6-8-18(12-17)28-5/h6-12,16H,13H2,1-5H3,(H,23,27). The van der Waals surface area contributed by atoms with Crippen molar-refractivity contribution in [3.05, 3.63) is 59.4 Å². The van der Waals surface area contributed by atoms with Crippen LogP contribution in [0.1, 0.15) is 30.0 Å². The first kappa shape index (κ1) is 21.7. The van der Waals surface area contributed by atoms with Gasteiger partial charge in [-0.25, -0.2) is 0 Å². The molecule has 0 aliphatic heterocycles. The number of rotatable bonds is 8. The number of anilines is 1. The molecule has 1 unspecified atom stereocenters. The van der Waals surface area contributed by atoms with Gasteiger partial charge in [-0.05, 0) is 56.2 Å². The van der Waals surface area contributed by atoms with E-state index in [-0.39, 0.29) is 17.8 Å². The molecule has 7 nitrogen and oxygen atoms in total. The lowest BCUT2D eigenvalue weighted by atomic mass is 10.1. The minimum atomic E-state index is -0.274. The van der Waals surface area contributed by atoms with Crippen LogP contribution in [0.15, 0.2) is 47.6 Å². The summed E-state index contributed by atoms with van der Waals surface area (Å²) in [5.74, 6) is 2.27. The number of amides is 1. The van der Waals surface area contributed by atoms with Crippen LogP contribution in [0.4, 0.5) is 5.69 Å². The van der Waals surface area contributed by atoms with Crippen molar-refractivity contribution in [1.82, 2.24) is 14.8 Å². The number of carbonyl (C=O) groups is 1. The minimum absolute atomic E-state index is 0.128. The van der Waals surface area contributed by atoms with E-state index in [4.69, 9.17) is 9.47 Å². The Kier molecular flexibility index (Phi) is 6.99.